The second-order valence-electron chi connectivity index (χ2n) is 8.86. The summed E-state index contributed by atoms with van der Waals surface area (Å²) >= 11 is 0. The number of carbonyl (C=O) groups excluding carboxylic acids is 1. The van der Waals surface area contributed by atoms with E-state index >= 15 is 0 Å². The Morgan fingerprint density at radius 3 is 2.47 bits per heavy atom. The molecule has 8 heteroatoms. The normalized spacial score (nSPS) is 15.9. The Hall–Kier alpha value is -3.62. The Morgan fingerprint density at radius 2 is 1.74 bits per heavy atom. The van der Waals surface area contributed by atoms with Crippen LogP contribution in [-0.4, -0.2) is 69.0 Å². The van der Waals surface area contributed by atoms with Crippen LogP contribution in [0, 0.1) is 5.92 Å². The van der Waals surface area contributed by atoms with Crippen molar-refractivity contribution in [1.29, 1.82) is 0 Å². The molecule has 174 valence electrons. The fraction of sp³-hybridized carbons (Fsp3) is 0.308. The van der Waals surface area contributed by atoms with E-state index in [0.29, 0.717) is 11.8 Å². The van der Waals surface area contributed by atoms with E-state index in [1.54, 1.807) is 18.6 Å². The van der Waals surface area contributed by atoms with Crippen LogP contribution in [0.1, 0.15) is 12.5 Å². The molecule has 8 nitrogen and oxygen atoms in total. The molecule has 4 aromatic rings. The van der Waals surface area contributed by atoms with Crippen molar-refractivity contribution in [3.8, 4) is 23.0 Å². The van der Waals surface area contributed by atoms with E-state index in [0.717, 1.165) is 62.2 Å². The standard InChI is InChI=1S/C26H28N6O2/c1-19(18-33)16-31-8-10-32(11-9-31)17-20-2-3-22-13-24(5-4-21(22)12-20)34-26-27-14-23(15-28-26)25-6-7-29-30-25/h2-7,12-15,18-19H,8-11,16-17H2,1H3,(H,29,30). The minimum Gasteiger partial charge on any atom is -0.424 e. The molecule has 1 aliphatic rings. The number of rotatable bonds is 8. The van der Waals surface area contributed by atoms with E-state index in [2.05, 4.69) is 54.2 Å². The highest BCUT2D eigenvalue weighted by molar-refractivity contribution is 5.84. The Balaban J connectivity index is 1.20. The maximum atomic E-state index is 10.9. The van der Waals surface area contributed by atoms with E-state index in [9.17, 15) is 4.79 Å². The number of fused-ring (bicyclic) bond motifs is 1. The molecular weight excluding hydrogens is 428 g/mol. The van der Waals surface area contributed by atoms with Crippen LogP contribution in [0.25, 0.3) is 22.0 Å². The third-order valence-electron chi connectivity index (χ3n) is 6.17. The topological polar surface area (TPSA) is 87.2 Å². The average molecular weight is 457 g/mol. The largest absolute Gasteiger partial charge is 0.424 e. The number of H-pyrrole nitrogens is 1. The molecule has 1 N–H and O–H groups in total. The van der Waals surface area contributed by atoms with Gasteiger partial charge in [-0.2, -0.15) is 5.10 Å². The second kappa shape index (κ2) is 10.1. The summed E-state index contributed by atoms with van der Waals surface area (Å²) in [6.07, 6.45) is 6.17. The number of aromatic nitrogens is 4. The van der Waals surface area contributed by atoms with Crippen molar-refractivity contribution in [1.82, 2.24) is 30.0 Å². The lowest BCUT2D eigenvalue weighted by Crippen LogP contribution is -2.47. The maximum Gasteiger partial charge on any atom is 0.321 e. The van der Waals surface area contributed by atoms with Gasteiger partial charge in [0.1, 0.15) is 12.0 Å². The Morgan fingerprint density at radius 1 is 1.00 bits per heavy atom. The zero-order valence-electron chi connectivity index (χ0n) is 19.2. The lowest BCUT2D eigenvalue weighted by Gasteiger charge is -2.35. The molecule has 5 rings (SSSR count). The molecule has 1 saturated heterocycles. The van der Waals surface area contributed by atoms with Crippen LogP contribution in [0.3, 0.4) is 0 Å². The number of aromatic amines is 1. The molecule has 0 spiro atoms. The van der Waals surface area contributed by atoms with Crippen LogP contribution < -0.4 is 4.74 Å². The molecule has 2 aromatic heterocycles. The molecule has 1 aliphatic heterocycles. The van der Waals surface area contributed by atoms with Gasteiger partial charge in [-0.05, 0) is 40.6 Å². The van der Waals surface area contributed by atoms with Crippen molar-refractivity contribution in [2.45, 2.75) is 13.5 Å². The summed E-state index contributed by atoms with van der Waals surface area (Å²) < 4.78 is 5.87. The Labute approximate surface area is 198 Å². The monoisotopic (exact) mass is 456 g/mol. The third kappa shape index (κ3) is 5.30. The number of hydrogen-bond donors (Lipinski definition) is 1. The van der Waals surface area contributed by atoms with Crippen LogP contribution >= 0.6 is 0 Å². The van der Waals surface area contributed by atoms with Gasteiger partial charge >= 0.3 is 6.01 Å². The van der Waals surface area contributed by atoms with Crippen molar-refractivity contribution in [3.05, 3.63) is 66.6 Å². The summed E-state index contributed by atoms with van der Waals surface area (Å²) in [7, 11) is 0. The number of piperazine rings is 1. The van der Waals surface area contributed by atoms with E-state index in [-0.39, 0.29) is 5.92 Å². The average Bonchev–Trinajstić information content (AvgIpc) is 3.41. The fourth-order valence-electron chi connectivity index (χ4n) is 4.30. The van der Waals surface area contributed by atoms with Gasteiger partial charge in [-0.1, -0.05) is 25.1 Å². The highest BCUT2D eigenvalue weighted by atomic mass is 16.5. The molecule has 0 bridgehead atoms. The molecule has 2 aromatic carbocycles. The Bertz CT molecular complexity index is 1230. The molecule has 1 fully saturated rings. The van der Waals surface area contributed by atoms with Gasteiger partial charge < -0.3 is 14.4 Å². The zero-order chi connectivity index (χ0) is 23.3. The minimum atomic E-state index is 0.105. The van der Waals surface area contributed by atoms with Gasteiger partial charge in [0.25, 0.3) is 0 Å². The second-order valence-corrected chi connectivity index (χ2v) is 8.86. The lowest BCUT2D eigenvalue weighted by atomic mass is 10.1. The predicted octanol–water partition coefficient (Wildman–Crippen LogP) is 3.76. The fourth-order valence-corrected chi connectivity index (χ4v) is 4.30. The number of nitrogens with zero attached hydrogens (tertiary/aromatic N) is 5. The van der Waals surface area contributed by atoms with Gasteiger partial charge in [0.05, 0.1) is 5.69 Å². The van der Waals surface area contributed by atoms with Crippen molar-refractivity contribution in [3.63, 3.8) is 0 Å². The van der Waals surface area contributed by atoms with Gasteiger partial charge in [-0.25, -0.2) is 9.97 Å². The third-order valence-corrected chi connectivity index (χ3v) is 6.17. The van der Waals surface area contributed by atoms with E-state index in [4.69, 9.17) is 4.74 Å². The van der Waals surface area contributed by atoms with Gasteiger partial charge in [0, 0.05) is 69.3 Å². The smallest absolute Gasteiger partial charge is 0.321 e. The molecule has 0 radical (unpaired) electrons. The van der Waals surface area contributed by atoms with Crippen LogP contribution in [0.2, 0.25) is 0 Å². The molecule has 0 amide bonds. The first-order chi connectivity index (χ1) is 16.7. The van der Waals surface area contributed by atoms with Crippen LogP contribution in [0.4, 0.5) is 0 Å². The van der Waals surface area contributed by atoms with E-state index in [1.165, 1.54) is 10.9 Å². The molecule has 1 unspecified atom stereocenters. The highest BCUT2D eigenvalue weighted by Gasteiger charge is 2.18. The first kappa shape index (κ1) is 22.2. The number of hydrogen-bond acceptors (Lipinski definition) is 7. The van der Waals surface area contributed by atoms with Crippen molar-refractivity contribution in [2.75, 3.05) is 32.7 Å². The summed E-state index contributed by atoms with van der Waals surface area (Å²) in [5.41, 5.74) is 3.02. The highest BCUT2D eigenvalue weighted by Crippen LogP contribution is 2.26. The molecule has 34 heavy (non-hydrogen) atoms. The number of aldehydes is 1. The van der Waals surface area contributed by atoms with Crippen LogP contribution in [-0.2, 0) is 11.3 Å². The minimum absolute atomic E-state index is 0.105. The van der Waals surface area contributed by atoms with Gasteiger partial charge in [0.2, 0.25) is 0 Å². The summed E-state index contributed by atoms with van der Waals surface area (Å²) in [6, 6.07) is 14.8. The van der Waals surface area contributed by atoms with Crippen LogP contribution in [0.15, 0.2) is 61.1 Å². The number of carbonyl (C=O) groups is 1. The summed E-state index contributed by atoms with van der Waals surface area (Å²) in [5, 5.41) is 9.13. The molecule has 0 aliphatic carbocycles. The summed E-state index contributed by atoms with van der Waals surface area (Å²) in [5.74, 6) is 0.809. The predicted molar refractivity (Wildman–Crippen MR) is 131 cm³/mol. The SMILES string of the molecule is CC(C=O)CN1CCN(Cc2ccc3cc(Oc4ncc(-c5ccn[nH]5)cn4)ccc3c2)CC1. The van der Waals surface area contributed by atoms with E-state index in [1.807, 2.05) is 25.1 Å². The lowest BCUT2D eigenvalue weighted by molar-refractivity contribution is -0.111. The number of benzene rings is 2. The first-order valence-corrected chi connectivity index (χ1v) is 11.6. The van der Waals surface area contributed by atoms with Gasteiger partial charge in [-0.15, -0.1) is 0 Å². The molecule has 0 saturated carbocycles. The molecular formula is C26H28N6O2. The molecule has 3 heterocycles. The van der Waals surface area contributed by atoms with Crippen molar-refractivity contribution < 1.29 is 9.53 Å². The summed E-state index contributed by atoms with van der Waals surface area (Å²) in [4.78, 5) is 24.4. The van der Waals surface area contributed by atoms with Gasteiger partial charge in [-0.3, -0.25) is 10.00 Å². The van der Waals surface area contributed by atoms with Crippen LogP contribution in [0.5, 0.6) is 11.8 Å². The number of nitrogens with one attached hydrogen (secondary N) is 1. The van der Waals surface area contributed by atoms with Crippen molar-refractivity contribution >= 4 is 17.1 Å². The first-order valence-electron chi connectivity index (χ1n) is 11.6. The number of ether oxygens (including phenoxy) is 1. The Kier molecular flexibility index (Phi) is 6.60. The molecule has 1 atom stereocenters. The van der Waals surface area contributed by atoms with Crippen molar-refractivity contribution in [2.24, 2.45) is 5.92 Å². The zero-order valence-corrected chi connectivity index (χ0v) is 19.2. The van der Waals surface area contributed by atoms with Gasteiger partial charge in [0.15, 0.2) is 0 Å². The van der Waals surface area contributed by atoms with E-state index < -0.39 is 0 Å². The summed E-state index contributed by atoms with van der Waals surface area (Å²) in [6.45, 7) is 7.84. The maximum absolute atomic E-state index is 10.9. The quantitative estimate of drug-likeness (QED) is 0.404.